The van der Waals surface area contributed by atoms with E-state index in [2.05, 4.69) is 12.2 Å². The molecule has 0 fully saturated rings. The maximum Gasteiger partial charge on any atom is 0.164 e. The lowest BCUT2D eigenvalue weighted by atomic mass is 9.81. The van der Waals surface area contributed by atoms with Crippen LogP contribution in [0.1, 0.15) is 29.0 Å². The van der Waals surface area contributed by atoms with Gasteiger partial charge in [-0.3, -0.25) is 0 Å². The molecule has 1 aliphatic carbocycles. The molecule has 1 aliphatic rings. The molecule has 0 bridgehead atoms. The van der Waals surface area contributed by atoms with E-state index in [-0.39, 0.29) is 5.92 Å². The normalized spacial score (nSPS) is 20.3. The summed E-state index contributed by atoms with van der Waals surface area (Å²) in [4.78, 5) is 0. The number of allylic oxidation sites excluding steroid dienone is 1. The molecule has 0 N–H and O–H groups in total. The molecule has 3 heteroatoms. The van der Waals surface area contributed by atoms with Crippen molar-refractivity contribution < 1.29 is 13.9 Å². The summed E-state index contributed by atoms with van der Waals surface area (Å²) in [5.74, 6) is 1.37. The van der Waals surface area contributed by atoms with Crippen molar-refractivity contribution in [2.75, 3.05) is 14.2 Å². The van der Waals surface area contributed by atoms with Gasteiger partial charge < -0.3 is 9.47 Å². The second-order valence-corrected chi connectivity index (χ2v) is 5.78. The molecule has 0 aliphatic heterocycles. The van der Waals surface area contributed by atoms with Crippen LogP contribution in [0.5, 0.6) is 11.5 Å². The Morgan fingerprint density at radius 2 is 1.83 bits per heavy atom. The van der Waals surface area contributed by atoms with E-state index in [1.807, 2.05) is 42.5 Å². The molecule has 0 radical (unpaired) electrons. The Bertz CT molecular complexity index is 694. The predicted octanol–water partition coefficient (Wildman–Crippen LogP) is 4.79. The van der Waals surface area contributed by atoms with Gasteiger partial charge in [0.1, 0.15) is 6.17 Å². The van der Waals surface area contributed by atoms with E-state index in [4.69, 9.17) is 9.47 Å². The van der Waals surface area contributed by atoms with Crippen LogP contribution in [0.3, 0.4) is 0 Å². The number of fused-ring (bicyclic) bond motifs is 1. The molecule has 2 atom stereocenters. The van der Waals surface area contributed by atoms with Crippen molar-refractivity contribution in [3.8, 4) is 11.5 Å². The highest BCUT2D eigenvalue weighted by atomic mass is 19.1. The maximum absolute atomic E-state index is 14.3. The lowest BCUT2D eigenvalue weighted by Crippen LogP contribution is -2.19. The summed E-state index contributed by atoms with van der Waals surface area (Å²) in [6.07, 6.45) is 4.17. The number of alkyl halides is 1. The van der Waals surface area contributed by atoms with Crippen molar-refractivity contribution in [3.05, 3.63) is 65.2 Å². The summed E-state index contributed by atoms with van der Waals surface area (Å²) in [7, 11) is 3.21. The summed E-state index contributed by atoms with van der Waals surface area (Å²) in [6, 6.07) is 14.0. The van der Waals surface area contributed by atoms with Crippen LogP contribution in [-0.2, 0) is 6.42 Å². The smallest absolute Gasteiger partial charge is 0.164 e. The fraction of sp³-hybridized carbons (Fsp3) is 0.300. The summed E-state index contributed by atoms with van der Waals surface area (Å²) in [6.45, 7) is 0. The maximum atomic E-state index is 14.3. The summed E-state index contributed by atoms with van der Waals surface area (Å²) >= 11 is 0. The van der Waals surface area contributed by atoms with Gasteiger partial charge in [0, 0.05) is 17.9 Å². The van der Waals surface area contributed by atoms with Crippen LogP contribution in [-0.4, -0.2) is 20.4 Å². The lowest BCUT2D eigenvalue weighted by molar-refractivity contribution is 0.281. The fourth-order valence-corrected chi connectivity index (χ4v) is 3.25. The van der Waals surface area contributed by atoms with Gasteiger partial charge in [-0.1, -0.05) is 48.6 Å². The van der Waals surface area contributed by atoms with Gasteiger partial charge in [-0.2, -0.15) is 0 Å². The Balaban J connectivity index is 1.97. The summed E-state index contributed by atoms with van der Waals surface area (Å²) in [5.41, 5.74) is 3.17. The molecule has 1 unspecified atom stereocenters. The first-order valence-electron chi connectivity index (χ1n) is 7.84. The molecule has 23 heavy (non-hydrogen) atoms. The Morgan fingerprint density at radius 1 is 1.04 bits per heavy atom. The Morgan fingerprint density at radius 3 is 2.52 bits per heavy atom. The fourth-order valence-electron chi connectivity index (χ4n) is 3.25. The molecule has 2 aromatic rings. The highest BCUT2D eigenvalue weighted by molar-refractivity contribution is 5.56. The number of methoxy groups -OCH3 is 2. The average molecular weight is 312 g/mol. The van der Waals surface area contributed by atoms with Crippen LogP contribution in [0.15, 0.2) is 48.5 Å². The second-order valence-electron chi connectivity index (χ2n) is 5.78. The Kier molecular flexibility index (Phi) is 4.65. The number of hydrogen-bond acceptors (Lipinski definition) is 2. The quantitative estimate of drug-likeness (QED) is 0.808. The third kappa shape index (κ3) is 3.24. The Hall–Kier alpha value is -2.29. The van der Waals surface area contributed by atoms with Gasteiger partial charge in [-0.25, -0.2) is 4.39 Å². The number of ether oxygens (including phenoxy) is 2. The lowest BCUT2D eigenvalue weighted by Gasteiger charge is -2.28. The second kappa shape index (κ2) is 6.86. The molecular weight excluding hydrogens is 291 g/mol. The molecule has 0 heterocycles. The number of rotatable bonds is 4. The molecule has 0 spiro atoms. The van der Waals surface area contributed by atoms with Crippen molar-refractivity contribution in [1.29, 1.82) is 0 Å². The molecular formula is C20H21FO2. The highest BCUT2D eigenvalue weighted by Gasteiger charge is 2.29. The first-order chi connectivity index (χ1) is 11.2. The van der Waals surface area contributed by atoms with Gasteiger partial charge in [-0.05, 0) is 23.6 Å². The van der Waals surface area contributed by atoms with E-state index < -0.39 is 6.17 Å². The first kappa shape index (κ1) is 15.6. The Labute approximate surface area is 136 Å². The van der Waals surface area contributed by atoms with Crippen LogP contribution < -0.4 is 9.47 Å². The van der Waals surface area contributed by atoms with Crippen LogP contribution in [0.25, 0.3) is 6.08 Å². The minimum Gasteiger partial charge on any atom is -0.493 e. The molecule has 120 valence electrons. The third-order valence-corrected chi connectivity index (χ3v) is 4.34. The van der Waals surface area contributed by atoms with Gasteiger partial charge in [0.25, 0.3) is 0 Å². The van der Waals surface area contributed by atoms with E-state index >= 15 is 0 Å². The largest absolute Gasteiger partial charge is 0.493 e. The number of halogens is 1. The molecule has 0 saturated carbocycles. The number of hydrogen-bond donors (Lipinski definition) is 0. The zero-order chi connectivity index (χ0) is 16.2. The minimum atomic E-state index is -0.867. The van der Waals surface area contributed by atoms with E-state index in [0.29, 0.717) is 24.3 Å². The number of benzene rings is 2. The molecule has 0 aromatic heterocycles. The van der Waals surface area contributed by atoms with Crippen molar-refractivity contribution in [3.63, 3.8) is 0 Å². The van der Waals surface area contributed by atoms with Gasteiger partial charge in [-0.15, -0.1) is 0 Å². The summed E-state index contributed by atoms with van der Waals surface area (Å²) < 4.78 is 25.1. The van der Waals surface area contributed by atoms with Gasteiger partial charge >= 0.3 is 0 Å². The van der Waals surface area contributed by atoms with Crippen molar-refractivity contribution >= 4 is 6.08 Å². The van der Waals surface area contributed by atoms with Crippen LogP contribution in [0.2, 0.25) is 0 Å². The van der Waals surface area contributed by atoms with Crippen molar-refractivity contribution in [2.45, 2.75) is 24.9 Å². The zero-order valence-electron chi connectivity index (χ0n) is 13.5. The first-order valence-corrected chi connectivity index (χ1v) is 7.84. The molecule has 0 amide bonds. The molecule has 0 saturated heterocycles. The summed E-state index contributed by atoms with van der Waals surface area (Å²) in [5, 5.41) is 0. The van der Waals surface area contributed by atoms with E-state index in [1.165, 1.54) is 0 Å². The highest BCUT2D eigenvalue weighted by Crippen LogP contribution is 2.43. The van der Waals surface area contributed by atoms with E-state index in [1.54, 1.807) is 14.2 Å². The van der Waals surface area contributed by atoms with Gasteiger partial charge in [0.15, 0.2) is 11.5 Å². The zero-order valence-corrected chi connectivity index (χ0v) is 13.5. The SMILES string of the molecule is COc1ccc2c(c1OC)CC(F)C[C@H]2/C=C/c1ccccc1. The van der Waals surface area contributed by atoms with Gasteiger partial charge in [0.2, 0.25) is 0 Å². The van der Waals surface area contributed by atoms with Gasteiger partial charge in [0.05, 0.1) is 14.2 Å². The van der Waals surface area contributed by atoms with Crippen LogP contribution in [0.4, 0.5) is 4.39 Å². The average Bonchev–Trinajstić information content (AvgIpc) is 2.59. The van der Waals surface area contributed by atoms with E-state index in [0.717, 1.165) is 16.7 Å². The van der Waals surface area contributed by atoms with Crippen molar-refractivity contribution in [2.24, 2.45) is 0 Å². The third-order valence-electron chi connectivity index (χ3n) is 4.34. The predicted molar refractivity (Wildman–Crippen MR) is 91.0 cm³/mol. The topological polar surface area (TPSA) is 18.5 Å². The molecule has 3 rings (SSSR count). The standard InChI is InChI=1S/C20H21FO2/c1-22-19-11-10-17-15(9-8-14-6-4-3-5-7-14)12-16(21)13-18(17)20(19)23-2/h3-11,15-16H,12-13H2,1-2H3/b9-8+/t15-,16?/m1/s1. The van der Waals surface area contributed by atoms with Crippen LogP contribution >= 0.6 is 0 Å². The van der Waals surface area contributed by atoms with Crippen molar-refractivity contribution in [1.82, 2.24) is 0 Å². The van der Waals surface area contributed by atoms with E-state index in [9.17, 15) is 4.39 Å². The molecule has 2 nitrogen and oxygen atoms in total. The minimum absolute atomic E-state index is 0.0498. The molecule has 2 aromatic carbocycles. The monoisotopic (exact) mass is 312 g/mol. The van der Waals surface area contributed by atoms with Crippen LogP contribution in [0, 0.1) is 0 Å².